The Balaban J connectivity index is 1.70. The van der Waals surface area contributed by atoms with Crippen molar-refractivity contribution in [2.24, 2.45) is 18.7 Å². The average molecular weight is 278 g/mol. The van der Waals surface area contributed by atoms with Crippen LogP contribution < -0.4 is 11.1 Å². The number of amides is 1. The fourth-order valence-electron chi connectivity index (χ4n) is 3.34. The molecule has 3 N–H and O–H groups in total. The topological polar surface area (TPSA) is 82.2 Å². The van der Waals surface area contributed by atoms with Gasteiger partial charge in [-0.1, -0.05) is 6.92 Å². The SMILES string of the molecule is CCc1nn(C)cc1C(=O)NC1C(N)C2CCCOC21. The zero-order chi connectivity index (χ0) is 14.3. The molecule has 0 aromatic carbocycles. The molecule has 3 rings (SSSR count). The molecule has 110 valence electrons. The Morgan fingerprint density at radius 1 is 1.65 bits per heavy atom. The highest BCUT2D eigenvalue weighted by molar-refractivity contribution is 5.95. The highest BCUT2D eigenvalue weighted by atomic mass is 16.5. The maximum atomic E-state index is 12.4. The number of nitrogens with two attached hydrogens (primary N) is 1. The molecule has 1 aliphatic carbocycles. The Kier molecular flexibility index (Phi) is 3.52. The van der Waals surface area contributed by atoms with Gasteiger partial charge >= 0.3 is 0 Å². The second-order valence-corrected chi connectivity index (χ2v) is 5.73. The van der Waals surface area contributed by atoms with Crippen LogP contribution in [0.2, 0.25) is 0 Å². The zero-order valence-electron chi connectivity index (χ0n) is 12.0. The maximum Gasteiger partial charge on any atom is 0.255 e. The molecule has 20 heavy (non-hydrogen) atoms. The van der Waals surface area contributed by atoms with Crippen LogP contribution in [0.4, 0.5) is 0 Å². The number of hydrogen-bond donors (Lipinski definition) is 2. The molecule has 6 nitrogen and oxygen atoms in total. The van der Waals surface area contributed by atoms with Crippen molar-refractivity contribution in [2.75, 3.05) is 6.61 Å². The van der Waals surface area contributed by atoms with Crippen LogP contribution in [0.5, 0.6) is 0 Å². The predicted molar refractivity (Wildman–Crippen MR) is 74.3 cm³/mol. The van der Waals surface area contributed by atoms with E-state index in [1.807, 2.05) is 14.0 Å². The first-order valence-corrected chi connectivity index (χ1v) is 7.32. The standard InChI is InChI=1S/C14H22N4O2/c1-3-10-9(7-18(2)17-10)14(19)16-12-11(15)8-5-4-6-20-13(8)12/h7-8,11-13H,3-6,15H2,1-2H3,(H,16,19). The normalized spacial score (nSPS) is 32.4. The summed E-state index contributed by atoms with van der Waals surface area (Å²) < 4.78 is 7.42. The molecule has 1 saturated heterocycles. The molecule has 6 heteroatoms. The molecular weight excluding hydrogens is 256 g/mol. The number of nitrogens with one attached hydrogen (secondary N) is 1. The van der Waals surface area contributed by atoms with Crippen molar-refractivity contribution in [2.45, 2.75) is 44.4 Å². The first kappa shape index (κ1) is 13.6. The molecule has 1 aliphatic heterocycles. The van der Waals surface area contributed by atoms with Crippen molar-refractivity contribution in [3.05, 3.63) is 17.5 Å². The second-order valence-electron chi connectivity index (χ2n) is 5.73. The largest absolute Gasteiger partial charge is 0.376 e. The summed E-state index contributed by atoms with van der Waals surface area (Å²) in [6, 6.07) is -0.0660. The van der Waals surface area contributed by atoms with Crippen molar-refractivity contribution in [3.8, 4) is 0 Å². The van der Waals surface area contributed by atoms with E-state index >= 15 is 0 Å². The van der Waals surface area contributed by atoms with Gasteiger partial charge in [-0.05, 0) is 19.3 Å². The van der Waals surface area contributed by atoms with E-state index in [1.165, 1.54) is 0 Å². The van der Waals surface area contributed by atoms with Crippen molar-refractivity contribution >= 4 is 5.91 Å². The lowest BCUT2D eigenvalue weighted by atomic mass is 9.68. The monoisotopic (exact) mass is 278 g/mol. The molecule has 0 bridgehead atoms. The number of fused-ring (bicyclic) bond motifs is 1. The molecule has 1 aromatic rings. The van der Waals surface area contributed by atoms with E-state index in [0.717, 1.165) is 31.6 Å². The number of hydrogen-bond acceptors (Lipinski definition) is 4. The number of aryl methyl sites for hydroxylation is 2. The van der Waals surface area contributed by atoms with Crippen LogP contribution in [-0.2, 0) is 18.2 Å². The van der Waals surface area contributed by atoms with Crippen LogP contribution in [0.25, 0.3) is 0 Å². The minimum atomic E-state index is -0.0944. The molecule has 4 unspecified atom stereocenters. The molecular formula is C14H22N4O2. The van der Waals surface area contributed by atoms with E-state index in [1.54, 1.807) is 10.9 Å². The lowest BCUT2D eigenvalue weighted by Crippen LogP contribution is -2.72. The van der Waals surface area contributed by atoms with Gasteiger partial charge in [0.15, 0.2) is 0 Å². The molecule has 1 aromatic heterocycles. The van der Waals surface area contributed by atoms with Gasteiger partial charge in [0.2, 0.25) is 0 Å². The number of ether oxygens (including phenoxy) is 1. The van der Waals surface area contributed by atoms with Gasteiger partial charge in [0.25, 0.3) is 5.91 Å². The summed E-state index contributed by atoms with van der Waals surface area (Å²) in [5.41, 5.74) is 7.62. The zero-order valence-corrected chi connectivity index (χ0v) is 12.0. The van der Waals surface area contributed by atoms with Gasteiger partial charge in [0.1, 0.15) is 0 Å². The summed E-state index contributed by atoms with van der Waals surface area (Å²) in [5.74, 6) is 0.302. The van der Waals surface area contributed by atoms with E-state index in [9.17, 15) is 4.79 Å². The Hall–Kier alpha value is -1.40. The molecule has 2 heterocycles. The molecule has 1 amide bonds. The first-order valence-electron chi connectivity index (χ1n) is 7.32. The Bertz CT molecular complexity index is 513. The van der Waals surface area contributed by atoms with Crippen LogP contribution in [-0.4, -0.2) is 40.5 Å². The summed E-state index contributed by atoms with van der Waals surface area (Å²) in [6.45, 7) is 2.77. The van der Waals surface area contributed by atoms with E-state index in [4.69, 9.17) is 10.5 Å². The number of aromatic nitrogens is 2. The van der Waals surface area contributed by atoms with Crippen molar-refractivity contribution in [1.29, 1.82) is 0 Å². The second kappa shape index (κ2) is 5.18. The van der Waals surface area contributed by atoms with Gasteiger partial charge in [0, 0.05) is 31.8 Å². The van der Waals surface area contributed by atoms with Crippen molar-refractivity contribution in [3.63, 3.8) is 0 Å². The van der Waals surface area contributed by atoms with Crippen LogP contribution in [0.3, 0.4) is 0 Å². The Labute approximate surface area is 118 Å². The van der Waals surface area contributed by atoms with Gasteiger partial charge in [-0.15, -0.1) is 0 Å². The number of carbonyl (C=O) groups is 1. The van der Waals surface area contributed by atoms with Gasteiger partial charge in [0.05, 0.1) is 23.4 Å². The fourth-order valence-corrected chi connectivity index (χ4v) is 3.34. The number of nitrogens with zero attached hydrogens (tertiary/aromatic N) is 2. The molecule has 2 fully saturated rings. The van der Waals surface area contributed by atoms with E-state index in [-0.39, 0.29) is 24.1 Å². The summed E-state index contributed by atoms with van der Waals surface area (Å²) in [7, 11) is 1.82. The summed E-state index contributed by atoms with van der Waals surface area (Å²) in [6.07, 6.45) is 4.76. The summed E-state index contributed by atoms with van der Waals surface area (Å²) >= 11 is 0. The first-order chi connectivity index (χ1) is 9.61. The minimum absolute atomic E-state index is 0.00555. The molecule has 1 saturated carbocycles. The van der Waals surface area contributed by atoms with Gasteiger partial charge in [-0.3, -0.25) is 9.48 Å². The van der Waals surface area contributed by atoms with E-state index < -0.39 is 0 Å². The van der Waals surface area contributed by atoms with Crippen LogP contribution in [0.15, 0.2) is 6.20 Å². The third-order valence-electron chi connectivity index (χ3n) is 4.46. The van der Waals surface area contributed by atoms with Crippen LogP contribution in [0.1, 0.15) is 35.8 Å². The van der Waals surface area contributed by atoms with Crippen LogP contribution in [0, 0.1) is 5.92 Å². The predicted octanol–water partition coefficient (Wildman–Crippen LogP) is 0.217. The highest BCUT2D eigenvalue weighted by Gasteiger charge is 2.51. The highest BCUT2D eigenvalue weighted by Crippen LogP contribution is 2.37. The van der Waals surface area contributed by atoms with E-state index in [0.29, 0.717) is 11.5 Å². The Morgan fingerprint density at radius 3 is 3.20 bits per heavy atom. The molecule has 2 aliphatic rings. The molecule has 0 radical (unpaired) electrons. The summed E-state index contributed by atoms with van der Waals surface area (Å²) in [4.78, 5) is 12.4. The molecule has 4 atom stereocenters. The van der Waals surface area contributed by atoms with E-state index in [2.05, 4.69) is 10.4 Å². The Morgan fingerprint density at radius 2 is 2.45 bits per heavy atom. The fraction of sp³-hybridized carbons (Fsp3) is 0.714. The van der Waals surface area contributed by atoms with Gasteiger partial charge in [-0.25, -0.2) is 0 Å². The quantitative estimate of drug-likeness (QED) is 0.828. The lowest BCUT2D eigenvalue weighted by molar-refractivity contribution is -0.117. The summed E-state index contributed by atoms with van der Waals surface area (Å²) in [5, 5.41) is 7.32. The molecule has 0 spiro atoms. The smallest absolute Gasteiger partial charge is 0.255 e. The average Bonchev–Trinajstić information content (AvgIpc) is 2.85. The minimum Gasteiger partial charge on any atom is -0.376 e. The third kappa shape index (κ3) is 2.13. The third-order valence-corrected chi connectivity index (χ3v) is 4.46. The maximum absolute atomic E-state index is 12.4. The lowest BCUT2D eigenvalue weighted by Gasteiger charge is -2.52. The van der Waals surface area contributed by atoms with Crippen molar-refractivity contribution in [1.82, 2.24) is 15.1 Å². The van der Waals surface area contributed by atoms with Gasteiger partial charge in [-0.2, -0.15) is 5.10 Å². The van der Waals surface area contributed by atoms with Crippen molar-refractivity contribution < 1.29 is 9.53 Å². The van der Waals surface area contributed by atoms with Crippen LogP contribution >= 0.6 is 0 Å². The van der Waals surface area contributed by atoms with Gasteiger partial charge < -0.3 is 15.8 Å². The number of carbonyl (C=O) groups excluding carboxylic acids is 1. The number of rotatable bonds is 3.